The van der Waals surface area contributed by atoms with Crippen LogP contribution in [0.25, 0.3) is 0 Å². The van der Waals surface area contributed by atoms with E-state index in [-0.39, 0.29) is 5.91 Å². The predicted molar refractivity (Wildman–Crippen MR) is 86.4 cm³/mol. The lowest BCUT2D eigenvalue weighted by atomic mass is 10.2. The van der Waals surface area contributed by atoms with Crippen molar-refractivity contribution in [2.45, 2.75) is 13.0 Å². The molecule has 1 atom stereocenters. The third-order valence-electron chi connectivity index (χ3n) is 3.03. The smallest absolute Gasteiger partial charge is 0.267 e. The molecule has 2 aromatic rings. The molecule has 110 valence electrons. The van der Waals surface area contributed by atoms with Gasteiger partial charge in [0, 0.05) is 18.8 Å². The number of carbonyl (C=O) groups is 1. The normalized spacial score (nSPS) is 11.8. The first-order valence-corrected chi connectivity index (χ1v) is 7.19. The first-order chi connectivity index (χ1) is 9.99. The van der Waals surface area contributed by atoms with E-state index in [1.165, 1.54) is 0 Å². The second-order valence-corrected chi connectivity index (χ2v) is 5.38. The van der Waals surface area contributed by atoms with Crippen molar-refractivity contribution >= 4 is 34.8 Å². The summed E-state index contributed by atoms with van der Waals surface area (Å²) in [6.07, 6.45) is -0.632. The van der Waals surface area contributed by atoms with Gasteiger partial charge in [0.2, 0.25) is 0 Å². The zero-order chi connectivity index (χ0) is 15.4. The van der Waals surface area contributed by atoms with Gasteiger partial charge in [-0.3, -0.25) is 4.79 Å². The summed E-state index contributed by atoms with van der Waals surface area (Å²) < 4.78 is 5.62. The van der Waals surface area contributed by atoms with Crippen molar-refractivity contribution in [2.75, 3.05) is 11.9 Å². The number of anilines is 1. The van der Waals surface area contributed by atoms with Crippen LogP contribution in [-0.2, 0) is 4.79 Å². The van der Waals surface area contributed by atoms with E-state index in [1.807, 2.05) is 30.3 Å². The third kappa shape index (κ3) is 3.90. The van der Waals surface area contributed by atoms with Crippen LogP contribution in [0.4, 0.5) is 5.69 Å². The molecule has 0 aromatic heterocycles. The molecule has 0 aliphatic heterocycles. The Bertz CT molecular complexity index is 631. The van der Waals surface area contributed by atoms with Crippen molar-refractivity contribution in [3.8, 4) is 5.75 Å². The van der Waals surface area contributed by atoms with Gasteiger partial charge in [0.05, 0.1) is 10.0 Å². The molecule has 2 rings (SSSR count). The van der Waals surface area contributed by atoms with Crippen LogP contribution in [0.1, 0.15) is 6.92 Å². The first kappa shape index (κ1) is 15.7. The molecule has 0 N–H and O–H groups in total. The molecular formula is C16H15Cl2NO2. The van der Waals surface area contributed by atoms with Gasteiger partial charge in [-0.2, -0.15) is 0 Å². The standard InChI is InChI=1S/C16H15Cl2NO2/c1-11(21-13-8-9-14(17)15(18)10-13)16(20)19(2)12-6-4-3-5-7-12/h3-11H,1-2H3. The Labute approximate surface area is 134 Å². The lowest BCUT2D eigenvalue weighted by Crippen LogP contribution is -2.37. The zero-order valence-corrected chi connectivity index (χ0v) is 13.2. The summed E-state index contributed by atoms with van der Waals surface area (Å²) in [6.45, 7) is 1.70. The minimum Gasteiger partial charge on any atom is -0.481 e. The number of para-hydroxylation sites is 1. The number of halogens is 2. The molecule has 0 saturated heterocycles. The third-order valence-corrected chi connectivity index (χ3v) is 3.76. The quantitative estimate of drug-likeness (QED) is 0.833. The number of hydrogen-bond acceptors (Lipinski definition) is 2. The van der Waals surface area contributed by atoms with Crippen LogP contribution < -0.4 is 9.64 Å². The predicted octanol–water partition coefficient (Wildman–Crippen LogP) is 4.42. The van der Waals surface area contributed by atoms with Gasteiger partial charge in [-0.1, -0.05) is 41.4 Å². The van der Waals surface area contributed by atoms with Crippen molar-refractivity contribution < 1.29 is 9.53 Å². The van der Waals surface area contributed by atoms with Gasteiger partial charge in [0.1, 0.15) is 5.75 Å². The van der Waals surface area contributed by atoms with Crippen LogP contribution >= 0.6 is 23.2 Å². The van der Waals surface area contributed by atoms with E-state index in [9.17, 15) is 4.79 Å². The Morgan fingerprint density at radius 1 is 1.10 bits per heavy atom. The highest BCUT2D eigenvalue weighted by Gasteiger charge is 2.20. The highest BCUT2D eigenvalue weighted by molar-refractivity contribution is 6.42. The topological polar surface area (TPSA) is 29.5 Å². The molecule has 2 aromatic carbocycles. The number of carbonyl (C=O) groups excluding carboxylic acids is 1. The van der Waals surface area contributed by atoms with Crippen molar-refractivity contribution in [1.82, 2.24) is 0 Å². The van der Waals surface area contributed by atoms with E-state index in [4.69, 9.17) is 27.9 Å². The monoisotopic (exact) mass is 323 g/mol. The van der Waals surface area contributed by atoms with Crippen molar-refractivity contribution in [2.24, 2.45) is 0 Å². The molecule has 21 heavy (non-hydrogen) atoms. The second-order valence-electron chi connectivity index (χ2n) is 4.57. The highest BCUT2D eigenvalue weighted by Crippen LogP contribution is 2.27. The number of amides is 1. The molecule has 3 nitrogen and oxygen atoms in total. The number of nitrogens with zero attached hydrogens (tertiary/aromatic N) is 1. The van der Waals surface area contributed by atoms with E-state index in [1.54, 1.807) is 37.1 Å². The van der Waals surface area contributed by atoms with Crippen LogP contribution in [0.3, 0.4) is 0 Å². The summed E-state index contributed by atoms with van der Waals surface area (Å²) in [7, 11) is 1.71. The molecule has 0 bridgehead atoms. The molecule has 0 fully saturated rings. The number of benzene rings is 2. The van der Waals surface area contributed by atoms with Gasteiger partial charge in [-0.15, -0.1) is 0 Å². The summed E-state index contributed by atoms with van der Waals surface area (Å²) in [5.41, 5.74) is 0.812. The molecule has 0 radical (unpaired) electrons. The number of rotatable bonds is 4. The van der Waals surface area contributed by atoms with Gasteiger partial charge in [0.25, 0.3) is 5.91 Å². The van der Waals surface area contributed by atoms with Gasteiger partial charge in [0.15, 0.2) is 6.10 Å². The Hall–Kier alpha value is -1.71. The fourth-order valence-corrected chi connectivity index (χ4v) is 2.14. The molecular weight excluding hydrogens is 309 g/mol. The maximum atomic E-state index is 12.3. The van der Waals surface area contributed by atoms with Crippen LogP contribution in [0.5, 0.6) is 5.75 Å². The lowest BCUT2D eigenvalue weighted by Gasteiger charge is -2.22. The van der Waals surface area contributed by atoms with Crippen LogP contribution in [0.2, 0.25) is 10.0 Å². The maximum Gasteiger partial charge on any atom is 0.267 e. The molecule has 1 unspecified atom stereocenters. The maximum absolute atomic E-state index is 12.3. The summed E-state index contributed by atoms with van der Waals surface area (Å²) >= 11 is 11.8. The molecule has 0 saturated carbocycles. The molecule has 5 heteroatoms. The highest BCUT2D eigenvalue weighted by atomic mass is 35.5. The van der Waals surface area contributed by atoms with Crippen molar-refractivity contribution in [1.29, 1.82) is 0 Å². The average molecular weight is 324 g/mol. The Morgan fingerprint density at radius 3 is 2.38 bits per heavy atom. The molecule has 0 aliphatic carbocycles. The van der Waals surface area contributed by atoms with E-state index >= 15 is 0 Å². The fraction of sp³-hybridized carbons (Fsp3) is 0.188. The molecule has 0 heterocycles. The average Bonchev–Trinajstić information content (AvgIpc) is 2.50. The zero-order valence-electron chi connectivity index (χ0n) is 11.7. The van der Waals surface area contributed by atoms with E-state index in [0.29, 0.717) is 15.8 Å². The van der Waals surface area contributed by atoms with Crippen LogP contribution in [0.15, 0.2) is 48.5 Å². The van der Waals surface area contributed by atoms with Crippen molar-refractivity contribution in [3.63, 3.8) is 0 Å². The van der Waals surface area contributed by atoms with E-state index in [2.05, 4.69) is 0 Å². The SMILES string of the molecule is CC(Oc1ccc(Cl)c(Cl)c1)C(=O)N(C)c1ccccc1. The summed E-state index contributed by atoms with van der Waals surface area (Å²) in [5, 5.41) is 0.842. The Kier molecular flexibility index (Phi) is 5.10. The Morgan fingerprint density at radius 2 is 1.76 bits per heavy atom. The van der Waals surface area contributed by atoms with Crippen LogP contribution in [-0.4, -0.2) is 19.1 Å². The summed E-state index contributed by atoms with van der Waals surface area (Å²) in [4.78, 5) is 13.9. The minimum atomic E-state index is -0.632. The van der Waals surface area contributed by atoms with Crippen molar-refractivity contribution in [3.05, 3.63) is 58.6 Å². The van der Waals surface area contributed by atoms with E-state index in [0.717, 1.165) is 5.69 Å². The van der Waals surface area contributed by atoms with Gasteiger partial charge in [-0.25, -0.2) is 0 Å². The Balaban J connectivity index is 2.07. The number of likely N-dealkylation sites (N-methyl/N-ethyl adjacent to an activating group) is 1. The summed E-state index contributed by atoms with van der Waals surface area (Å²) in [5.74, 6) is 0.360. The van der Waals surface area contributed by atoms with E-state index < -0.39 is 6.10 Å². The minimum absolute atomic E-state index is 0.146. The fourth-order valence-electron chi connectivity index (χ4n) is 1.86. The lowest BCUT2D eigenvalue weighted by molar-refractivity contribution is -0.124. The summed E-state index contributed by atoms with van der Waals surface area (Å²) in [6, 6.07) is 14.3. The molecule has 0 aliphatic rings. The largest absolute Gasteiger partial charge is 0.481 e. The van der Waals surface area contributed by atoms with Crippen LogP contribution in [0, 0.1) is 0 Å². The van der Waals surface area contributed by atoms with Gasteiger partial charge in [-0.05, 0) is 31.2 Å². The molecule has 1 amide bonds. The number of ether oxygens (including phenoxy) is 1. The second kappa shape index (κ2) is 6.83. The van der Waals surface area contributed by atoms with Gasteiger partial charge >= 0.3 is 0 Å². The number of hydrogen-bond donors (Lipinski definition) is 0. The molecule has 0 spiro atoms. The van der Waals surface area contributed by atoms with Gasteiger partial charge < -0.3 is 9.64 Å². The first-order valence-electron chi connectivity index (χ1n) is 6.43.